The number of rotatable bonds is 6. The van der Waals surface area contributed by atoms with Crippen LogP contribution in [0.15, 0.2) is 48.8 Å². The molecule has 0 bridgehead atoms. The number of halogens is 1. The van der Waals surface area contributed by atoms with E-state index in [1.165, 1.54) is 6.07 Å². The summed E-state index contributed by atoms with van der Waals surface area (Å²) in [6.45, 7) is 5.24. The van der Waals surface area contributed by atoms with E-state index in [9.17, 15) is 4.39 Å². The lowest BCUT2D eigenvalue weighted by Crippen LogP contribution is -2.07. The van der Waals surface area contributed by atoms with Gasteiger partial charge in [0.05, 0.1) is 15.7 Å². The summed E-state index contributed by atoms with van der Waals surface area (Å²) in [6, 6.07) is 13.7. The average molecular weight is 446 g/mol. The van der Waals surface area contributed by atoms with Crippen LogP contribution in [0.1, 0.15) is 22.4 Å². The molecular formula is C25H24FN5S. The highest BCUT2D eigenvalue weighted by Gasteiger charge is 2.15. The number of hydrogen-bond donors (Lipinski definition) is 3. The van der Waals surface area contributed by atoms with Gasteiger partial charge in [0.25, 0.3) is 0 Å². The van der Waals surface area contributed by atoms with E-state index in [1.54, 1.807) is 17.7 Å². The Morgan fingerprint density at radius 3 is 2.69 bits per heavy atom. The minimum Gasteiger partial charge on any atom is -0.368 e. The molecule has 0 amide bonds. The van der Waals surface area contributed by atoms with E-state index >= 15 is 0 Å². The summed E-state index contributed by atoms with van der Waals surface area (Å²) < 4.78 is 15.3. The summed E-state index contributed by atoms with van der Waals surface area (Å²) in [5.41, 5.74) is 12.7. The summed E-state index contributed by atoms with van der Waals surface area (Å²) >= 11 is 1.67. The van der Waals surface area contributed by atoms with Gasteiger partial charge in [-0.05, 0) is 54.7 Å². The topological polar surface area (TPSA) is 79.6 Å². The van der Waals surface area contributed by atoms with Crippen molar-refractivity contribution < 1.29 is 4.39 Å². The normalized spacial score (nSPS) is 11.5. The van der Waals surface area contributed by atoms with Gasteiger partial charge in [-0.2, -0.15) is 0 Å². The van der Waals surface area contributed by atoms with Crippen LogP contribution in [0.25, 0.3) is 31.6 Å². The van der Waals surface area contributed by atoms with Crippen LogP contribution >= 0.6 is 11.3 Å². The maximum absolute atomic E-state index is 14.2. The fourth-order valence-corrected chi connectivity index (χ4v) is 5.27. The number of nitrogens with two attached hydrogens (primary N) is 1. The van der Waals surface area contributed by atoms with Crippen LogP contribution in [-0.2, 0) is 13.0 Å². The summed E-state index contributed by atoms with van der Waals surface area (Å²) in [4.78, 5) is 13.3. The fraction of sp³-hybridized carbons (Fsp3) is 0.200. The van der Waals surface area contributed by atoms with Crippen molar-refractivity contribution >= 4 is 38.3 Å². The second kappa shape index (κ2) is 8.33. The molecule has 0 spiro atoms. The molecule has 32 heavy (non-hydrogen) atoms. The number of H-pyrrole nitrogens is 1. The molecule has 0 aliphatic rings. The van der Waals surface area contributed by atoms with Crippen LogP contribution < -0.4 is 11.1 Å². The first kappa shape index (κ1) is 20.6. The van der Waals surface area contributed by atoms with Crippen molar-refractivity contribution in [3.63, 3.8) is 0 Å². The molecule has 3 aromatic heterocycles. The minimum absolute atomic E-state index is 0.212. The largest absolute Gasteiger partial charge is 0.368 e. The van der Waals surface area contributed by atoms with Gasteiger partial charge in [0.2, 0.25) is 0 Å². The Bertz CT molecular complexity index is 1420. The van der Waals surface area contributed by atoms with E-state index < -0.39 is 0 Å². The second-order valence-electron chi connectivity index (χ2n) is 7.97. The number of anilines is 1. The molecule has 5 aromatic rings. The summed E-state index contributed by atoms with van der Waals surface area (Å²) in [5, 5.41) is 4.45. The van der Waals surface area contributed by atoms with Gasteiger partial charge in [-0.1, -0.05) is 30.3 Å². The highest BCUT2D eigenvalue weighted by Crippen LogP contribution is 2.36. The molecule has 4 N–H and O–H groups in total. The lowest BCUT2D eigenvalue weighted by molar-refractivity contribution is 0.637. The molecule has 0 radical (unpaired) electrons. The molecule has 0 aliphatic heterocycles. The number of aryl methyl sites for hydroxylation is 2. The highest BCUT2D eigenvalue weighted by atomic mass is 32.1. The van der Waals surface area contributed by atoms with Crippen LogP contribution in [0.3, 0.4) is 0 Å². The zero-order valence-corrected chi connectivity index (χ0v) is 18.8. The van der Waals surface area contributed by atoms with Crippen molar-refractivity contribution in [1.29, 1.82) is 0 Å². The monoisotopic (exact) mass is 445 g/mol. The van der Waals surface area contributed by atoms with E-state index in [-0.39, 0.29) is 5.82 Å². The summed E-state index contributed by atoms with van der Waals surface area (Å²) in [6.07, 6.45) is 2.36. The Balaban J connectivity index is 1.39. The van der Waals surface area contributed by atoms with Crippen molar-refractivity contribution in [2.45, 2.75) is 26.8 Å². The molecule has 5 nitrogen and oxygen atoms in total. The molecular weight excluding hydrogens is 421 g/mol. The van der Waals surface area contributed by atoms with Crippen molar-refractivity contribution in [3.8, 4) is 10.4 Å². The molecule has 5 rings (SSSR count). The maximum Gasteiger partial charge on any atom is 0.147 e. The molecule has 0 saturated heterocycles. The third-order valence-corrected chi connectivity index (χ3v) is 7.06. The molecule has 2 aromatic carbocycles. The third-order valence-electron chi connectivity index (χ3n) is 5.88. The molecule has 0 fully saturated rings. The summed E-state index contributed by atoms with van der Waals surface area (Å²) in [5.74, 6) is 0.612. The predicted molar refractivity (Wildman–Crippen MR) is 131 cm³/mol. The molecule has 3 heterocycles. The van der Waals surface area contributed by atoms with Gasteiger partial charge in [-0.3, -0.25) is 0 Å². The zero-order chi connectivity index (χ0) is 22.2. The standard InChI is InChI=1S/C25H24FN5S/c1-14-3-8-19(26)23-22(14)18(15(2)31-23)9-10-28-25-24-20(29-13-30-25)11-21(32-24)17-6-4-16(12-27)5-7-17/h3-8,11,13,31H,9-10,12,27H2,1-2H3,(H,28,29,30). The van der Waals surface area contributed by atoms with E-state index in [2.05, 4.69) is 50.6 Å². The van der Waals surface area contributed by atoms with Crippen LogP contribution in [0, 0.1) is 19.7 Å². The first-order valence-electron chi connectivity index (χ1n) is 10.6. The first-order valence-corrected chi connectivity index (χ1v) is 11.4. The Morgan fingerprint density at radius 2 is 1.91 bits per heavy atom. The molecule has 0 saturated carbocycles. The van der Waals surface area contributed by atoms with E-state index in [0.717, 1.165) is 60.7 Å². The zero-order valence-electron chi connectivity index (χ0n) is 18.0. The third kappa shape index (κ3) is 3.63. The molecule has 0 atom stereocenters. The first-order chi connectivity index (χ1) is 15.5. The fourth-order valence-electron chi connectivity index (χ4n) is 4.19. The summed E-state index contributed by atoms with van der Waals surface area (Å²) in [7, 11) is 0. The second-order valence-corrected chi connectivity index (χ2v) is 9.02. The number of aromatic amines is 1. The molecule has 0 unspecified atom stereocenters. The number of thiophene rings is 1. The highest BCUT2D eigenvalue weighted by molar-refractivity contribution is 7.22. The maximum atomic E-state index is 14.2. The predicted octanol–water partition coefficient (Wildman–Crippen LogP) is 5.71. The molecule has 0 aliphatic carbocycles. The Hall–Kier alpha value is -3.29. The van der Waals surface area contributed by atoms with Gasteiger partial charge in [0, 0.05) is 29.0 Å². The van der Waals surface area contributed by atoms with Crippen LogP contribution in [0.5, 0.6) is 0 Å². The van der Waals surface area contributed by atoms with Gasteiger partial charge in [0.15, 0.2) is 0 Å². The number of benzene rings is 2. The Kier molecular flexibility index (Phi) is 5.36. The van der Waals surface area contributed by atoms with Crippen LogP contribution in [0.2, 0.25) is 0 Å². The Morgan fingerprint density at radius 1 is 1.09 bits per heavy atom. The number of aromatic nitrogens is 3. The van der Waals surface area contributed by atoms with Crippen LogP contribution in [-0.4, -0.2) is 21.5 Å². The van der Waals surface area contributed by atoms with Crippen LogP contribution in [0.4, 0.5) is 10.2 Å². The van der Waals surface area contributed by atoms with Gasteiger partial charge in [-0.25, -0.2) is 14.4 Å². The number of fused-ring (bicyclic) bond motifs is 2. The number of hydrogen-bond acceptors (Lipinski definition) is 5. The van der Waals surface area contributed by atoms with E-state index in [1.807, 2.05) is 19.9 Å². The van der Waals surface area contributed by atoms with Gasteiger partial charge in [0.1, 0.15) is 18.0 Å². The lowest BCUT2D eigenvalue weighted by atomic mass is 10.0. The number of nitrogens with one attached hydrogen (secondary N) is 2. The van der Waals surface area contributed by atoms with Crippen molar-refractivity contribution in [2.24, 2.45) is 5.73 Å². The molecule has 7 heteroatoms. The smallest absolute Gasteiger partial charge is 0.147 e. The van der Waals surface area contributed by atoms with Crippen molar-refractivity contribution in [2.75, 3.05) is 11.9 Å². The Labute approximate surface area is 189 Å². The van der Waals surface area contributed by atoms with Gasteiger partial charge in [-0.15, -0.1) is 11.3 Å². The number of nitrogens with zero attached hydrogens (tertiary/aromatic N) is 2. The van der Waals surface area contributed by atoms with Gasteiger partial charge >= 0.3 is 0 Å². The van der Waals surface area contributed by atoms with Crippen molar-refractivity contribution in [1.82, 2.24) is 15.0 Å². The average Bonchev–Trinajstić information content (AvgIpc) is 3.39. The molecule has 162 valence electrons. The quantitative estimate of drug-likeness (QED) is 0.313. The SMILES string of the molecule is Cc1[nH]c2c(F)ccc(C)c2c1CCNc1ncnc2cc(-c3ccc(CN)cc3)sc12. The van der Waals surface area contributed by atoms with Gasteiger partial charge < -0.3 is 16.0 Å². The van der Waals surface area contributed by atoms with E-state index in [0.29, 0.717) is 18.6 Å². The van der Waals surface area contributed by atoms with E-state index in [4.69, 9.17) is 5.73 Å². The van der Waals surface area contributed by atoms with Crippen molar-refractivity contribution in [3.05, 3.63) is 77.0 Å². The lowest BCUT2D eigenvalue weighted by Gasteiger charge is -2.07. The minimum atomic E-state index is -0.212.